The predicted molar refractivity (Wildman–Crippen MR) is 67.6 cm³/mol. The molecule has 16 heavy (non-hydrogen) atoms. The number of benzene rings is 1. The largest absolute Gasteiger partial charge is 0.398 e. The standard InChI is InChI=1S/C13H15N3/c14-12-5-3-4-11-10(12)6-7-15-13(11)16-8-1-2-9-16/h3-7H,1-2,8-9,14H2. The van der Waals surface area contributed by atoms with Gasteiger partial charge in [0.2, 0.25) is 0 Å². The van der Waals surface area contributed by atoms with Crippen LogP contribution >= 0.6 is 0 Å². The second kappa shape index (κ2) is 3.67. The van der Waals surface area contributed by atoms with E-state index >= 15 is 0 Å². The van der Waals surface area contributed by atoms with Gasteiger partial charge in [-0.2, -0.15) is 0 Å². The zero-order chi connectivity index (χ0) is 11.0. The maximum atomic E-state index is 5.98. The Balaban J connectivity index is 2.20. The highest BCUT2D eigenvalue weighted by atomic mass is 15.2. The Morgan fingerprint density at radius 2 is 1.88 bits per heavy atom. The number of nitrogen functional groups attached to an aromatic ring is 1. The Hall–Kier alpha value is -1.77. The zero-order valence-electron chi connectivity index (χ0n) is 9.19. The molecule has 3 heteroatoms. The van der Waals surface area contributed by atoms with E-state index in [-0.39, 0.29) is 0 Å². The van der Waals surface area contributed by atoms with Crippen molar-refractivity contribution in [3.63, 3.8) is 0 Å². The fourth-order valence-corrected chi connectivity index (χ4v) is 2.40. The zero-order valence-corrected chi connectivity index (χ0v) is 9.19. The molecule has 1 aromatic heterocycles. The first-order valence-electron chi connectivity index (χ1n) is 5.74. The van der Waals surface area contributed by atoms with Crippen LogP contribution in [0.15, 0.2) is 30.5 Å². The quantitative estimate of drug-likeness (QED) is 0.740. The van der Waals surface area contributed by atoms with Gasteiger partial charge in [0.05, 0.1) is 0 Å². The molecule has 0 saturated carbocycles. The summed E-state index contributed by atoms with van der Waals surface area (Å²) in [5, 5.41) is 2.28. The smallest absolute Gasteiger partial charge is 0.136 e. The molecule has 1 aromatic carbocycles. The molecule has 2 heterocycles. The van der Waals surface area contributed by atoms with Crippen LogP contribution in [0, 0.1) is 0 Å². The first kappa shape index (κ1) is 9.46. The first-order chi connectivity index (χ1) is 7.86. The Bertz CT molecular complexity index is 516. The third-order valence-electron chi connectivity index (χ3n) is 3.22. The molecule has 2 aromatic rings. The molecule has 2 N–H and O–H groups in total. The van der Waals surface area contributed by atoms with E-state index in [2.05, 4.69) is 16.0 Å². The Labute approximate surface area is 94.9 Å². The number of nitrogens with zero attached hydrogens (tertiary/aromatic N) is 2. The van der Waals surface area contributed by atoms with Crippen LogP contribution in [0.1, 0.15) is 12.8 Å². The van der Waals surface area contributed by atoms with Gasteiger partial charge in [-0.15, -0.1) is 0 Å². The second-order valence-corrected chi connectivity index (χ2v) is 4.27. The number of aromatic nitrogens is 1. The summed E-state index contributed by atoms with van der Waals surface area (Å²) < 4.78 is 0. The summed E-state index contributed by atoms with van der Waals surface area (Å²) >= 11 is 0. The Kier molecular flexibility index (Phi) is 2.17. The third-order valence-corrected chi connectivity index (χ3v) is 3.22. The van der Waals surface area contributed by atoms with Gasteiger partial charge in [0, 0.05) is 35.7 Å². The minimum atomic E-state index is 0.834. The lowest BCUT2D eigenvalue weighted by Crippen LogP contribution is -2.19. The van der Waals surface area contributed by atoms with Gasteiger partial charge in [0.1, 0.15) is 5.82 Å². The topological polar surface area (TPSA) is 42.1 Å². The molecular formula is C13H15N3. The molecule has 0 aliphatic carbocycles. The van der Waals surface area contributed by atoms with E-state index in [0.29, 0.717) is 0 Å². The van der Waals surface area contributed by atoms with Crippen molar-refractivity contribution < 1.29 is 0 Å². The van der Waals surface area contributed by atoms with Crippen molar-refractivity contribution in [2.45, 2.75) is 12.8 Å². The SMILES string of the molecule is Nc1cccc2c(N3CCCC3)nccc12. The van der Waals surface area contributed by atoms with E-state index in [1.165, 1.54) is 18.2 Å². The molecule has 0 unspecified atom stereocenters. The van der Waals surface area contributed by atoms with Crippen LogP contribution in [0.3, 0.4) is 0 Å². The molecule has 82 valence electrons. The van der Waals surface area contributed by atoms with Gasteiger partial charge >= 0.3 is 0 Å². The highest BCUT2D eigenvalue weighted by Gasteiger charge is 2.16. The maximum absolute atomic E-state index is 5.98. The number of fused-ring (bicyclic) bond motifs is 1. The van der Waals surface area contributed by atoms with Gasteiger partial charge in [0.15, 0.2) is 0 Å². The number of nitrogens with two attached hydrogens (primary N) is 1. The molecule has 1 saturated heterocycles. The lowest BCUT2D eigenvalue weighted by molar-refractivity contribution is 0.946. The maximum Gasteiger partial charge on any atom is 0.136 e. The molecule has 3 rings (SSSR count). The number of rotatable bonds is 1. The lowest BCUT2D eigenvalue weighted by atomic mass is 10.1. The lowest BCUT2D eigenvalue weighted by Gasteiger charge is -2.18. The minimum Gasteiger partial charge on any atom is -0.398 e. The number of hydrogen-bond donors (Lipinski definition) is 1. The van der Waals surface area contributed by atoms with Gasteiger partial charge < -0.3 is 10.6 Å². The molecule has 0 atom stereocenters. The molecule has 0 bridgehead atoms. The molecule has 1 fully saturated rings. The van der Waals surface area contributed by atoms with E-state index in [1.807, 2.05) is 24.4 Å². The van der Waals surface area contributed by atoms with Gasteiger partial charge in [-0.3, -0.25) is 0 Å². The summed E-state index contributed by atoms with van der Waals surface area (Å²) in [7, 11) is 0. The van der Waals surface area contributed by atoms with E-state index < -0.39 is 0 Å². The molecule has 3 nitrogen and oxygen atoms in total. The van der Waals surface area contributed by atoms with Gasteiger partial charge in [0.25, 0.3) is 0 Å². The van der Waals surface area contributed by atoms with Crippen LogP contribution in [0.5, 0.6) is 0 Å². The first-order valence-corrected chi connectivity index (χ1v) is 5.74. The van der Waals surface area contributed by atoms with E-state index in [4.69, 9.17) is 5.73 Å². The summed E-state index contributed by atoms with van der Waals surface area (Å²) in [6, 6.07) is 8.03. The highest BCUT2D eigenvalue weighted by Crippen LogP contribution is 2.29. The van der Waals surface area contributed by atoms with E-state index in [9.17, 15) is 0 Å². The normalized spacial score (nSPS) is 15.9. The van der Waals surface area contributed by atoms with Crippen molar-refractivity contribution in [2.24, 2.45) is 0 Å². The molecule has 1 aliphatic rings. The summed E-state index contributed by atoms with van der Waals surface area (Å²) in [5.41, 5.74) is 6.81. The predicted octanol–water partition coefficient (Wildman–Crippen LogP) is 2.42. The Morgan fingerprint density at radius 1 is 1.06 bits per heavy atom. The number of hydrogen-bond acceptors (Lipinski definition) is 3. The summed E-state index contributed by atoms with van der Waals surface area (Å²) in [6.45, 7) is 2.22. The third kappa shape index (κ3) is 1.40. The van der Waals surface area contributed by atoms with Crippen molar-refractivity contribution in [1.82, 2.24) is 4.98 Å². The monoisotopic (exact) mass is 213 g/mol. The Morgan fingerprint density at radius 3 is 2.69 bits per heavy atom. The fourth-order valence-electron chi connectivity index (χ4n) is 2.40. The van der Waals surface area contributed by atoms with Crippen LogP contribution in [-0.4, -0.2) is 18.1 Å². The van der Waals surface area contributed by atoms with Gasteiger partial charge in [-0.05, 0) is 25.0 Å². The van der Waals surface area contributed by atoms with Crippen molar-refractivity contribution in [3.05, 3.63) is 30.5 Å². The number of anilines is 2. The van der Waals surface area contributed by atoms with E-state index in [1.54, 1.807) is 0 Å². The van der Waals surface area contributed by atoms with Gasteiger partial charge in [-0.1, -0.05) is 12.1 Å². The molecular weight excluding hydrogens is 198 g/mol. The van der Waals surface area contributed by atoms with Crippen LogP contribution in [0.2, 0.25) is 0 Å². The van der Waals surface area contributed by atoms with Crippen molar-refractivity contribution in [3.8, 4) is 0 Å². The van der Waals surface area contributed by atoms with Crippen LogP contribution in [0.25, 0.3) is 10.8 Å². The molecule has 0 amide bonds. The van der Waals surface area contributed by atoms with Crippen molar-refractivity contribution in [1.29, 1.82) is 0 Å². The summed E-state index contributed by atoms with van der Waals surface area (Å²) in [6.07, 6.45) is 4.38. The van der Waals surface area contributed by atoms with Crippen LogP contribution in [-0.2, 0) is 0 Å². The van der Waals surface area contributed by atoms with E-state index in [0.717, 1.165) is 30.0 Å². The summed E-state index contributed by atoms with van der Waals surface area (Å²) in [5.74, 6) is 1.09. The average Bonchev–Trinajstić information content (AvgIpc) is 2.82. The highest BCUT2D eigenvalue weighted by molar-refractivity contribution is 5.99. The second-order valence-electron chi connectivity index (χ2n) is 4.27. The van der Waals surface area contributed by atoms with Crippen LogP contribution in [0.4, 0.5) is 11.5 Å². The number of pyridine rings is 1. The average molecular weight is 213 g/mol. The molecule has 0 radical (unpaired) electrons. The fraction of sp³-hybridized carbons (Fsp3) is 0.308. The minimum absolute atomic E-state index is 0.834. The molecule has 1 aliphatic heterocycles. The van der Waals surface area contributed by atoms with Gasteiger partial charge in [-0.25, -0.2) is 4.98 Å². The van der Waals surface area contributed by atoms with Crippen molar-refractivity contribution >= 4 is 22.3 Å². The van der Waals surface area contributed by atoms with Crippen molar-refractivity contribution in [2.75, 3.05) is 23.7 Å². The van der Waals surface area contributed by atoms with Crippen LogP contribution < -0.4 is 10.6 Å². The summed E-state index contributed by atoms with van der Waals surface area (Å²) in [4.78, 5) is 6.85. The molecule has 0 spiro atoms.